The summed E-state index contributed by atoms with van der Waals surface area (Å²) in [5, 5.41) is 10.8. The van der Waals surface area contributed by atoms with E-state index in [0.29, 0.717) is 5.56 Å². The topological polar surface area (TPSA) is 39.9 Å². The Morgan fingerprint density at radius 2 is 2.10 bits per heavy atom. The van der Waals surface area contributed by atoms with Crippen LogP contribution >= 0.6 is 34.9 Å². The Morgan fingerprint density at radius 3 is 2.71 bits per heavy atom. The molecule has 0 aliphatic carbocycles. The fourth-order valence-electron chi connectivity index (χ4n) is 1.55. The SMILES string of the molecule is CN(C)/C=C/c1snc(SCc2ccc(Cl)cc2)c1C#N. The molecule has 21 heavy (non-hydrogen) atoms. The summed E-state index contributed by atoms with van der Waals surface area (Å²) in [6, 6.07) is 9.96. The highest BCUT2D eigenvalue weighted by Crippen LogP contribution is 2.30. The summed E-state index contributed by atoms with van der Waals surface area (Å²) in [5.41, 5.74) is 1.81. The van der Waals surface area contributed by atoms with Crippen LogP contribution < -0.4 is 0 Å². The number of aromatic nitrogens is 1. The Morgan fingerprint density at radius 1 is 1.38 bits per heavy atom. The number of hydrogen-bond acceptors (Lipinski definition) is 5. The Labute approximate surface area is 138 Å². The van der Waals surface area contributed by atoms with Crippen molar-refractivity contribution in [1.82, 2.24) is 9.27 Å². The Kier molecular flexibility index (Phi) is 5.68. The van der Waals surface area contributed by atoms with Gasteiger partial charge in [-0.3, -0.25) is 0 Å². The molecule has 0 amide bonds. The van der Waals surface area contributed by atoms with E-state index in [2.05, 4.69) is 10.4 Å². The summed E-state index contributed by atoms with van der Waals surface area (Å²) in [4.78, 5) is 2.83. The van der Waals surface area contributed by atoms with Crippen molar-refractivity contribution in [2.24, 2.45) is 0 Å². The van der Waals surface area contributed by atoms with Gasteiger partial charge in [0.25, 0.3) is 0 Å². The van der Waals surface area contributed by atoms with Crippen molar-refractivity contribution in [3.63, 3.8) is 0 Å². The molecule has 0 N–H and O–H groups in total. The number of thioether (sulfide) groups is 1. The van der Waals surface area contributed by atoms with Gasteiger partial charge in [0.2, 0.25) is 0 Å². The normalized spacial score (nSPS) is 10.8. The maximum absolute atomic E-state index is 9.33. The summed E-state index contributed by atoms with van der Waals surface area (Å²) in [7, 11) is 3.89. The van der Waals surface area contributed by atoms with Gasteiger partial charge in [-0.25, -0.2) is 0 Å². The number of rotatable bonds is 5. The fraction of sp³-hybridized carbons (Fsp3) is 0.200. The Hall–Kier alpha value is -1.48. The van der Waals surface area contributed by atoms with E-state index in [1.165, 1.54) is 11.5 Å². The minimum absolute atomic E-state index is 0.650. The second kappa shape index (κ2) is 7.51. The number of benzene rings is 1. The van der Waals surface area contributed by atoms with Crippen molar-refractivity contribution in [2.45, 2.75) is 10.8 Å². The predicted octanol–water partition coefficient (Wildman–Crippen LogP) is 4.49. The van der Waals surface area contributed by atoms with Crippen molar-refractivity contribution in [3.05, 3.63) is 51.5 Å². The van der Waals surface area contributed by atoms with Crippen molar-refractivity contribution in [2.75, 3.05) is 14.1 Å². The molecule has 0 saturated carbocycles. The summed E-state index contributed by atoms with van der Waals surface area (Å²) < 4.78 is 4.38. The molecule has 108 valence electrons. The maximum atomic E-state index is 9.33. The molecule has 3 nitrogen and oxygen atoms in total. The third-order valence-electron chi connectivity index (χ3n) is 2.61. The van der Waals surface area contributed by atoms with Crippen molar-refractivity contribution in [1.29, 1.82) is 5.26 Å². The number of halogens is 1. The van der Waals surface area contributed by atoms with Gasteiger partial charge in [-0.15, -0.1) is 0 Å². The first-order valence-corrected chi connectivity index (χ1v) is 8.35. The molecule has 0 radical (unpaired) electrons. The van der Waals surface area contributed by atoms with E-state index in [9.17, 15) is 5.26 Å². The molecule has 1 aromatic carbocycles. The zero-order valence-corrected chi connectivity index (χ0v) is 14.1. The molecule has 0 saturated heterocycles. The standard InChI is InChI=1S/C15H14ClN3S2/c1-19(2)8-7-14-13(9-17)15(18-21-14)20-10-11-3-5-12(16)6-4-11/h3-8H,10H2,1-2H3/b8-7+. The third-order valence-corrected chi connectivity index (χ3v) is 4.84. The van der Waals surface area contributed by atoms with Gasteiger partial charge in [0.1, 0.15) is 16.7 Å². The summed E-state index contributed by atoms with van der Waals surface area (Å²) >= 11 is 8.79. The molecule has 0 fully saturated rings. The lowest BCUT2D eigenvalue weighted by Crippen LogP contribution is -1.99. The van der Waals surface area contributed by atoms with Crippen LogP contribution in [0.4, 0.5) is 0 Å². The highest BCUT2D eigenvalue weighted by molar-refractivity contribution is 7.98. The van der Waals surface area contributed by atoms with Gasteiger partial charge in [-0.05, 0) is 35.3 Å². The summed E-state index contributed by atoms with van der Waals surface area (Å²) in [6.45, 7) is 0. The minimum Gasteiger partial charge on any atom is -0.383 e. The Balaban J connectivity index is 2.10. The van der Waals surface area contributed by atoms with Crippen LogP contribution in [0.25, 0.3) is 6.08 Å². The molecule has 0 bridgehead atoms. The lowest BCUT2D eigenvalue weighted by Gasteiger charge is -2.02. The number of nitrogens with zero attached hydrogens (tertiary/aromatic N) is 3. The molecule has 1 heterocycles. The van der Waals surface area contributed by atoms with E-state index in [4.69, 9.17) is 11.6 Å². The minimum atomic E-state index is 0.650. The predicted molar refractivity (Wildman–Crippen MR) is 90.6 cm³/mol. The van der Waals surface area contributed by atoms with Crippen molar-refractivity contribution < 1.29 is 0 Å². The van der Waals surface area contributed by atoms with Gasteiger partial charge in [-0.1, -0.05) is 35.5 Å². The lowest BCUT2D eigenvalue weighted by molar-refractivity contribution is 0.567. The van der Waals surface area contributed by atoms with Crippen LogP contribution in [0, 0.1) is 11.3 Å². The monoisotopic (exact) mass is 335 g/mol. The molecule has 1 aromatic heterocycles. The van der Waals surface area contributed by atoms with Crippen LogP contribution in [0.15, 0.2) is 35.5 Å². The molecule has 0 atom stereocenters. The second-order valence-corrected chi connectivity index (χ2v) is 6.74. The second-order valence-electron chi connectivity index (χ2n) is 4.53. The first-order chi connectivity index (χ1) is 10.1. The van der Waals surface area contributed by atoms with Crippen molar-refractivity contribution in [3.8, 4) is 6.07 Å². The van der Waals surface area contributed by atoms with Gasteiger partial charge in [-0.2, -0.15) is 9.64 Å². The van der Waals surface area contributed by atoms with E-state index in [1.54, 1.807) is 11.8 Å². The summed E-state index contributed by atoms with van der Waals surface area (Å²) in [5.74, 6) is 0.770. The Bertz CT molecular complexity index is 669. The molecule has 2 aromatic rings. The van der Waals surface area contributed by atoms with Crippen LogP contribution in [0.1, 0.15) is 16.0 Å². The van der Waals surface area contributed by atoms with Gasteiger partial charge in [0.15, 0.2) is 0 Å². The molecular formula is C15H14ClN3S2. The smallest absolute Gasteiger partial charge is 0.129 e. The molecule has 0 spiro atoms. The van der Waals surface area contributed by atoms with E-state index in [-0.39, 0.29) is 0 Å². The highest BCUT2D eigenvalue weighted by atomic mass is 35.5. The highest BCUT2D eigenvalue weighted by Gasteiger charge is 2.12. The summed E-state index contributed by atoms with van der Waals surface area (Å²) in [6.07, 6.45) is 3.84. The van der Waals surface area contributed by atoms with Crippen LogP contribution in [0.5, 0.6) is 0 Å². The van der Waals surface area contributed by atoms with Crippen LogP contribution in [0.3, 0.4) is 0 Å². The first-order valence-electron chi connectivity index (χ1n) is 6.22. The lowest BCUT2D eigenvalue weighted by atomic mass is 10.2. The average molecular weight is 336 g/mol. The van der Waals surface area contributed by atoms with E-state index in [1.807, 2.05) is 55.5 Å². The van der Waals surface area contributed by atoms with Crippen LogP contribution in [-0.2, 0) is 5.75 Å². The average Bonchev–Trinajstić information content (AvgIpc) is 2.86. The fourth-order valence-corrected chi connectivity index (χ4v) is 3.49. The molecule has 2 rings (SSSR count). The molecule has 0 aliphatic rings. The van der Waals surface area contributed by atoms with E-state index >= 15 is 0 Å². The molecule has 6 heteroatoms. The van der Waals surface area contributed by atoms with Gasteiger partial charge in [0.05, 0.1) is 4.88 Å². The van der Waals surface area contributed by atoms with E-state index in [0.717, 1.165) is 26.2 Å². The largest absolute Gasteiger partial charge is 0.383 e. The van der Waals surface area contributed by atoms with Gasteiger partial charge in [0, 0.05) is 31.1 Å². The maximum Gasteiger partial charge on any atom is 0.129 e. The molecular weight excluding hydrogens is 322 g/mol. The molecule has 0 unspecified atom stereocenters. The van der Waals surface area contributed by atoms with Gasteiger partial charge >= 0.3 is 0 Å². The third kappa shape index (κ3) is 4.50. The van der Waals surface area contributed by atoms with Crippen LogP contribution in [0.2, 0.25) is 5.02 Å². The number of hydrogen-bond donors (Lipinski definition) is 0. The van der Waals surface area contributed by atoms with Crippen molar-refractivity contribution >= 4 is 41.0 Å². The zero-order valence-electron chi connectivity index (χ0n) is 11.7. The molecule has 0 aliphatic heterocycles. The number of nitriles is 1. The van der Waals surface area contributed by atoms with E-state index < -0.39 is 0 Å². The van der Waals surface area contributed by atoms with Gasteiger partial charge < -0.3 is 4.90 Å². The quantitative estimate of drug-likeness (QED) is 0.755. The zero-order chi connectivity index (χ0) is 15.2. The van der Waals surface area contributed by atoms with Crippen LogP contribution in [-0.4, -0.2) is 23.4 Å². The first kappa shape index (κ1) is 15.9.